The van der Waals surface area contributed by atoms with Crippen LogP contribution in [0, 0.1) is 0 Å². The first kappa shape index (κ1) is 14.8. The summed E-state index contributed by atoms with van der Waals surface area (Å²) in [4.78, 5) is 0. The highest BCUT2D eigenvalue weighted by Gasteiger charge is 2.09. The Balaban J connectivity index is 1.98. The van der Waals surface area contributed by atoms with E-state index in [1.54, 1.807) is 19.4 Å². The van der Waals surface area contributed by atoms with Crippen LogP contribution in [0.5, 0.6) is 5.75 Å². The van der Waals surface area contributed by atoms with Crippen LogP contribution >= 0.6 is 11.6 Å². The molecule has 20 heavy (non-hydrogen) atoms. The molecule has 0 saturated carbocycles. The molecule has 0 atom stereocenters. The topological polar surface area (TPSA) is 56.5 Å². The van der Waals surface area contributed by atoms with Crippen LogP contribution in [0.1, 0.15) is 11.3 Å². The van der Waals surface area contributed by atoms with Gasteiger partial charge in [0.15, 0.2) is 5.76 Å². The lowest BCUT2D eigenvalue weighted by atomic mass is 10.2. The minimum absolute atomic E-state index is 0.325. The van der Waals surface area contributed by atoms with Gasteiger partial charge in [-0.25, -0.2) is 0 Å². The predicted octanol–water partition coefficient (Wildman–Crippen LogP) is 2.64. The van der Waals surface area contributed by atoms with Gasteiger partial charge in [-0.1, -0.05) is 22.8 Å². The minimum atomic E-state index is 0.325. The number of aromatic nitrogens is 1. The van der Waals surface area contributed by atoms with Crippen LogP contribution in [0.4, 0.5) is 0 Å². The number of hydrogen-bond donors (Lipinski definition) is 1. The minimum Gasteiger partial charge on any atom is -0.485 e. The summed E-state index contributed by atoms with van der Waals surface area (Å²) in [6, 6.07) is 7.35. The SMILES string of the molecule is COCCNCc1c(Cl)cccc1OCc1ccno1. The molecule has 1 aromatic heterocycles. The first-order chi connectivity index (χ1) is 9.81. The van der Waals surface area contributed by atoms with E-state index in [1.165, 1.54) is 0 Å². The van der Waals surface area contributed by atoms with Gasteiger partial charge < -0.3 is 19.3 Å². The molecule has 1 N–H and O–H groups in total. The number of methoxy groups -OCH3 is 1. The second kappa shape index (κ2) is 7.89. The van der Waals surface area contributed by atoms with Gasteiger partial charge in [-0.3, -0.25) is 0 Å². The molecule has 2 rings (SSSR count). The van der Waals surface area contributed by atoms with Crippen LogP contribution < -0.4 is 10.1 Å². The summed E-state index contributed by atoms with van der Waals surface area (Å²) in [6.07, 6.45) is 1.59. The molecule has 0 radical (unpaired) electrons. The first-order valence-electron chi connectivity index (χ1n) is 6.30. The average molecular weight is 297 g/mol. The maximum Gasteiger partial charge on any atom is 0.174 e. The highest BCUT2D eigenvalue weighted by Crippen LogP contribution is 2.27. The number of hydrogen-bond acceptors (Lipinski definition) is 5. The van der Waals surface area contributed by atoms with Crippen molar-refractivity contribution in [1.29, 1.82) is 0 Å². The molecule has 0 saturated heterocycles. The fourth-order valence-corrected chi connectivity index (χ4v) is 1.93. The Bertz CT molecular complexity index is 517. The van der Waals surface area contributed by atoms with Crippen molar-refractivity contribution in [2.24, 2.45) is 0 Å². The van der Waals surface area contributed by atoms with Crippen molar-refractivity contribution in [1.82, 2.24) is 10.5 Å². The van der Waals surface area contributed by atoms with Crippen LogP contribution in [0.2, 0.25) is 5.02 Å². The summed E-state index contributed by atoms with van der Waals surface area (Å²) < 4.78 is 15.7. The molecular formula is C14H17ClN2O3. The largest absolute Gasteiger partial charge is 0.485 e. The van der Waals surface area contributed by atoms with Crippen molar-refractivity contribution >= 4 is 11.6 Å². The summed E-state index contributed by atoms with van der Waals surface area (Å²) in [5.41, 5.74) is 0.921. The summed E-state index contributed by atoms with van der Waals surface area (Å²) in [5, 5.41) is 7.56. The third kappa shape index (κ3) is 4.23. The number of ether oxygens (including phenoxy) is 2. The fraction of sp³-hybridized carbons (Fsp3) is 0.357. The van der Waals surface area contributed by atoms with E-state index < -0.39 is 0 Å². The zero-order chi connectivity index (χ0) is 14.2. The Morgan fingerprint density at radius 1 is 1.35 bits per heavy atom. The molecule has 0 unspecified atom stereocenters. The zero-order valence-corrected chi connectivity index (χ0v) is 12.0. The van der Waals surface area contributed by atoms with Crippen molar-refractivity contribution in [3.8, 4) is 5.75 Å². The smallest absolute Gasteiger partial charge is 0.174 e. The van der Waals surface area contributed by atoms with E-state index in [9.17, 15) is 0 Å². The van der Waals surface area contributed by atoms with Crippen LogP contribution in [0.15, 0.2) is 35.0 Å². The standard InChI is InChI=1S/C14H17ClN2O3/c1-18-8-7-16-9-12-13(15)3-2-4-14(12)19-10-11-5-6-17-20-11/h2-6,16H,7-10H2,1H3. The molecule has 6 heteroatoms. The molecule has 1 heterocycles. The lowest BCUT2D eigenvalue weighted by Gasteiger charge is -2.12. The maximum atomic E-state index is 6.22. The quantitative estimate of drug-likeness (QED) is 0.759. The molecule has 0 aliphatic rings. The highest BCUT2D eigenvalue weighted by molar-refractivity contribution is 6.31. The van der Waals surface area contributed by atoms with Crippen LogP contribution in [0.3, 0.4) is 0 Å². The van der Waals surface area contributed by atoms with Gasteiger partial charge in [0.25, 0.3) is 0 Å². The molecule has 0 aliphatic heterocycles. The lowest BCUT2D eigenvalue weighted by molar-refractivity contribution is 0.198. The van der Waals surface area contributed by atoms with E-state index in [2.05, 4.69) is 10.5 Å². The zero-order valence-electron chi connectivity index (χ0n) is 11.3. The van der Waals surface area contributed by atoms with Gasteiger partial charge in [0.1, 0.15) is 12.4 Å². The number of nitrogens with zero attached hydrogens (tertiary/aromatic N) is 1. The van der Waals surface area contributed by atoms with E-state index >= 15 is 0 Å². The average Bonchev–Trinajstić information content (AvgIpc) is 2.96. The van der Waals surface area contributed by atoms with Crippen molar-refractivity contribution in [2.45, 2.75) is 13.2 Å². The Labute approximate surface area is 122 Å². The van der Waals surface area contributed by atoms with Gasteiger partial charge in [0.05, 0.1) is 12.8 Å². The van der Waals surface area contributed by atoms with Crippen LogP contribution in [0.25, 0.3) is 0 Å². The summed E-state index contributed by atoms with van der Waals surface area (Å²) in [6.45, 7) is 2.35. The summed E-state index contributed by atoms with van der Waals surface area (Å²) in [5.74, 6) is 1.40. The van der Waals surface area contributed by atoms with Gasteiger partial charge in [-0.15, -0.1) is 0 Å². The third-order valence-corrected chi connectivity index (χ3v) is 3.08. The number of rotatable bonds is 8. The molecule has 0 fully saturated rings. The van der Waals surface area contributed by atoms with Crippen molar-refractivity contribution in [2.75, 3.05) is 20.3 Å². The highest BCUT2D eigenvalue weighted by atomic mass is 35.5. The Morgan fingerprint density at radius 3 is 3.00 bits per heavy atom. The lowest BCUT2D eigenvalue weighted by Crippen LogP contribution is -2.19. The second-order valence-electron chi connectivity index (χ2n) is 4.15. The molecule has 0 aliphatic carbocycles. The molecular weight excluding hydrogens is 280 g/mol. The van der Waals surface area contributed by atoms with E-state index in [0.717, 1.165) is 17.9 Å². The molecule has 108 valence electrons. The Hall–Kier alpha value is -1.56. The van der Waals surface area contributed by atoms with Gasteiger partial charge in [-0.05, 0) is 12.1 Å². The predicted molar refractivity (Wildman–Crippen MR) is 75.9 cm³/mol. The number of halogens is 1. The van der Waals surface area contributed by atoms with Crippen LogP contribution in [-0.2, 0) is 17.9 Å². The van der Waals surface area contributed by atoms with Crippen molar-refractivity contribution in [3.05, 3.63) is 46.8 Å². The molecule has 2 aromatic rings. The number of benzene rings is 1. The molecule has 0 amide bonds. The third-order valence-electron chi connectivity index (χ3n) is 2.72. The fourth-order valence-electron chi connectivity index (χ4n) is 1.70. The van der Waals surface area contributed by atoms with Crippen molar-refractivity contribution in [3.63, 3.8) is 0 Å². The van der Waals surface area contributed by atoms with Gasteiger partial charge >= 0.3 is 0 Å². The van der Waals surface area contributed by atoms with Crippen molar-refractivity contribution < 1.29 is 14.0 Å². The van der Waals surface area contributed by atoms with E-state index in [4.69, 9.17) is 25.6 Å². The van der Waals surface area contributed by atoms with Gasteiger partial charge in [0.2, 0.25) is 0 Å². The molecule has 0 spiro atoms. The van der Waals surface area contributed by atoms with Gasteiger partial charge in [-0.2, -0.15) is 0 Å². The molecule has 5 nitrogen and oxygen atoms in total. The summed E-state index contributed by atoms with van der Waals surface area (Å²) in [7, 11) is 1.67. The van der Waals surface area contributed by atoms with Gasteiger partial charge in [0, 0.05) is 36.9 Å². The second-order valence-corrected chi connectivity index (χ2v) is 4.56. The molecule has 1 aromatic carbocycles. The van der Waals surface area contributed by atoms with Crippen LogP contribution in [-0.4, -0.2) is 25.4 Å². The Kier molecular flexibility index (Phi) is 5.86. The van der Waals surface area contributed by atoms with E-state index in [0.29, 0.717) is 30.5 Å². The molecule has 0 bridgehead atoms. The normalized spacial score (nSPS) is 10.7. The number of nitrogens with one attached hydrogen (secondary N) is 1. The monoisotopic (exact) mass is 296 g/mol. The first-order valence-corrected chi connectivity index (χ1v) is 6.68. The maximum absolute atomic E-state index is 6.22. The Morgan fingerprint density at radius 2 is 2.25 bits per heavy atom. The summed E-state index contributed by atoms with van der Waals surface area (Å²) >= 11 is 6.22. The van der Waals surface area contributed by atoms with E-state index in [1.807, 2.05) is 18.2 Å². The van der Waals surface area contributed by atoms with E-state index in [-0.39, 0.29) is 0 Å².